The predicted molar refractivity (Wildman–Crippen MR) is 123 cm³/mol. The van der Waals surface area contributed by atoms with E-state index >= 15 is 0 Å². The third-order valence-corrected chi connectivity index (χ3v) is 7.17. The molecule has 0 radical (unpaired) electrons. The lowest BCUT2D eigenvalue weighted by molar-refractivity contribution is 0.452. The van der Waals surface area contributed by atoms with E-state index in [2.05, 4.69) is 50.0 Å². The molecule has 0 fully saturated rings. The van der Waals surface area contributed by atoms with Gasteiger partial charge < -0.3 is 5.11 Å². The lowest BCUT2D eigenvalue weighted by Crippen LogP contribution is -2.20. The van der Waals surface area contributed by atoms with Crippen LogP contribution in [0.5, 0.6) is 5.75 Å². The number of rotatable bonds is 6. The topological polar surface area (TPSA) is 32.6 Å². The Morgan fingerprint density at radius 2 is 1.75 bits per heavy atom. The fraction of sp³-hybridized carbons (Fsp3) is 0.240. The van der Waals surface area contributed by atoms with Crippen molar-refractivity contribution < 1.29 is 5.11 Å². The highest BCUT2D eigenvalue weighted by Gasteiger charge is 2.29. The van der Waals surface area contributed by atoms with E-state index in [1.54, 1.807) is 0 Å². The monoisotopic (exact) mass is 389 g/mol. The highest BCUT2D eigenvalue weighted by atomic mass is 31.1. The lowest BCUT2D eigenvalue weighted by Gasteiger charge is -2.31. The van der Waals surface area contributed by atoms with E-state index in [-0.39, 0.29) is 5.16 Å². The first-order valence-electron chi connectivity index (χ1n) is 9.70. The van der Waals surface area contributed by atoms with Gasteiger partial charge in [0.1, 0.15) is 5.75 Å². The van der Waals surface area contributed by atoms with Crippen molar-refractivity contribution in [2.75, 3.05) is 0 Å². The highest BCUT2D eigenvalue weighted by Crippen LogP contribution is 2.47. The summed E-state index contributed by atoms with van der Waals surface area (Å²) in [4.78, 5) is 4.67. The Labute approximate surface area is 170 Å². The normalized spacial score (nSPS) is 14.0. The average molecular weight is 389 g/mol. The molecule has 2 unspecified atom stereocenters. The van der Waals surface area contributed by atoms with E-state index in [4.69, 9.17) is 0 Å². The van der Waals surface area contributed by atoms with E-state index in [1.165, 1.54) is 10.9 Å². The minimum atomic E-state index is -0.124. The van der Waals surface area contributed by atoms with Crippen LogP contribution in [0.25, 0.3) is 0 Å². The van der Waals surface area contributed by atoms with Crippen LogP contribution in [0.15, 0.2) is 71.7 Å². The van der Waals surface area contributed by atoms with E-state index in [1.807, 2.05) is 55.6 Å². The molecule has 3 aromatic carbocycles. The minimum Gasteiger partial charge on any atom is -0.507 e. The smallest absolute Gasteiger partial charge is 0.122 e. The van der Waals surface area contributed by atoms with Gasteiger partial charge in [-0.3, -0.25) is 4.99 Å². The summed E-state index contributed by atoms with van der Waals surface area (Å²) in [5.74, 6) is 0.422. The highest BCUT2D eigenvalue weighted by molar-refractivity contribution is 7.48. The van der Waals surface area contributed by atoms with Gasteiger partial charge >= 0.3 is 0 Å². The zero-order valence-corrected chi connectivity index (χ0v) is 18.0. The van der Waals surface area contributed by atoms with Crippen LogP contribution in [0.2, 0.25) is 0 Å². The molecule has 3 rings (SSSR count). The Hall–Kier alpha value is -2.44. The maximum Gasteiger partial charge on any atom is 0.122 e. The van der Waals surface area contributed by atoms with Crippen molar-refractivity contribution in [2.45, 2.75) is 39.3 Å². The fourth-order valence-electron chi connectivity index (χ4n) is 3.31. The summed E-state index contributed by atoms with van der Waals surface area (Å²) in [7, 11) is 0.530. The van der Waals surface area contributed by atoms with Crippen LogP contribution in [0, 0.1) is 13.8 Å². The number of hydrogen-bond acceptors (Lipinski definition) is 2. The molecule has 144 valence electrons. The van der Waals surface area contributed by atoms with E-state index < -0.39 is 0 Å². The van der Waals surface area contributed by atoms with Gasteiger partial charge in [-0.05, 0) is 49.3 Å². The minimum absolute atomic E-state index is 0.124. The fourth-order valence-corrected chi connectivity index (χ4v) is 4.86. The number of phenolic OH excluding ortho intramolecular Hbond substituents is 1. The predicted octanol–water partition coefficient (Wildman–Crippen LogP) is 6.39. The van der Waals surface area contributed by atoms with Gasteiger partial charge in [-0.15, -0.1) is 0 Å². The molecule has 2 nitrogen and oxygen atoms in total. The Balaban J connectivity index is 1.99. The molecule has 28 heavy (non-hydrogen) atoms. The summed E-state index contributed by atoms with van der Waals surface area (Å²) < 4.78 is 0. The van der Waals surface area contributed by atoms with Crippen molar-refractivity contribution in [1.29, 1.82) is 0 Å². The number of nitrogens with zero attached hydrogens (tertiary/aromatic N) is 1. The second-order valence-electron chi connectivity index (χ2n) is 7.47. The van der Waals surface area contributed by atoms with Crippen molar-refractivity contribution in [1.82, 2.24) is 0 Å². The zero-order chi connectivity index (χ0) is 20.1. The van der Waals surface area contributed by atoms with Crippen molar-refractivity contribution in [2.24, 2.45) is 4.99 Å². The van der Waals surface area contributed by atoms with Gasteiger partial charge in [0.15, 0.2) is 0 Å². The average Bonchev–Trinajstić information content (AvgIpc) is 2.71. The van der Waals surface area contributed by atoms with Crippen LogP contribution in [0.3, 0.4) is 0 Å². The number of para-hydroxylation sites is 2. The van der Waals surface area contributed by atoms with Gasteiger partial charge in [-0.2, -0.15) is 0 Å². The number of aryl methyl sites for hydroxylation is 2. The molecule has 0 aromatic heterocycles. The van der Waals surface area contributed by atoms with Gasteiger partial charge in [0.25, 0.3) is 0 Å². The molecule has 0 aliphatic rings. The first-order valence-corrected chi connectivity index (χ1v) is 10.7. The summed E-state index contributed by atoms with van der Waals surface area (Å²) in [5.41, 5.74) is 5.28. The van der Waals surface area contributed by atoms with Crippen LogP contribution in [0.4, 0.5) is 5.69 Å². The van der Waals surface area contributed by atoms with Crippen LogP contribution in [-0.2, 0) is 5.16 Å². The maximum absolute atomic E-state index is 10.7. The number of phenols is 1. The molecule has 3 aromatic rings. The van der Waals surface area contributed by atoms with Crippen molar-refractivity contribution in [3.63, 3.8) is 0 Å². The SMILES string of the molecule is CCC(C)(Pc1ccc(C)cc1/C=N/c1ccccc1)c1cccc(C)c1O. The Bertz CT molecular complexity index is 981. The van der Waals surface area contributed by atoms with Crippen LogP contribution >= 0.6 is 8.58 Å². The van der Waals surface area contributed by atoms with E-state index in [9.17, 15) is 5.11 Å². The third kappa shape index (κ3) is 4.51. The summed E-state index contributed by atoms with van der Waals surface area (Å²) in [5, 5.41) is 11.8. The van der Waals surface area contributed by atoms with Gasteiger partial charge in [0, 0.05) is 22.5 Å². The van der Waals surface area contributed by atoms with Gasteiger partial charge in [-0.1, -0.05) is 76.5 Å². The molecule has 0 bridgehead atoms. The third-order valence-electron chi connectivity index (χ3n) is 5.27. The lowest BCUT2D eigenvalue weighted by atomic mass is 9.94. The molecule has 0 amide bonds. The Kier molecular flexibility index (Phi) is 6.31. The molecule has 2 atom stereocenters. The molecule has 0 aliphatic carbocycles. The van der Waals surface area contributed by atoms with Crippen LogP contribution in [0.1, 0.15) is 42.5 Å². The van der Waals surface area contributed by atoms with Crippen molar-refractivity contribution in [3.8, 4) is 5.75 Å². The number of hydrogen-bond donors (Lipinski definition) is 1. The molecule has 0 aliphatic heterocycles. The largest absolute Gasteiger partial charge is 0.507 e. The van der Waals surface area contributed by atoms with Crippen LogP contribution in [-0.4, -0.2) is 11.3 Å². The first kappa shape index (κ1) is 20.3. The summed E-state index contributed by atoms with van der Waals surface area (Å²) in [6.07, 6.45) is 2.92. The second kappa shape index (κ2) is 8.71. The molecule has 0 heterocycles. The van der Waals surface area contributed by atoms with Gasteiger partial charge in [0.2, 0.25) is 0 Å². The molecule has 0 spiro atoms. The van der Waals surface area contributed by atoms with Crippen molar-refractivity contribution >= 4 is 25.8 Å². The van der Waals surface area contributed by atoms with Crippen molar-refractivity contribution in [3.05, 3.63) is 89.0 Å². The van der Waals surface area contributed by atoms with Gasteiger partial charge in [0.05, 0.1) is 5.69 Å². The van der Waals surface area contributed by atoms with E-state index in [0.29, 0.717) is 14.3 Å². The Morgan fingerprint density at radius 1 is 1.00 bits per heavy atom. The number of benzene rings is 3. The molecule has 3 heteroatoms. The van der Waals surface area contributed by atoms with Crippen LogP contribution < -0.4 is 5.30 Å². The summed E-state index contributed by atoms with van der Waals surface area (Å²) >= 11 is 0. The summed E-state index contributed by atoms with van der Waals surface area (Å²) in [6, 6.07) is 22.6. The maximum atomic E-state index is 10.7. The number of aromatic hydroxyl groups is 1. The quantitative estimate of drug-likeness (QED) is 0.384. The standard InChI is InChI=1S/C25H28NOP/c1-5-25(4,22-13-9-10-19(3)24(22)27)28-23-15-14-18(2)16-20(23)17-26-21-11-7-6-8-12-21/h6-17,27-28H,5H2,1-4H3/b26-17+. The summed E-state index contributed by atoms with van der Waals surface area (Å²) in [6.45, 7) is 8.51. The van der Waals surface area contributed by atoms with E-state index in [0.717, 1.165) is 28.8 Å². The first-order chi connectivity index (χ1) is 13.4. The molecule has 0 saturated heterocycles. The Morgan fingerprint density at radius 3 is 2.46 bits per heavy atom. The second-order valence-corrected chi connectivity index (χ2v) is 9.36. The van der Waals surface area contributed by atoms with Gasteiger partial charge in [-0.25, -0.2) is 0 Å². The number of aliphatic imine (C=N–C) groups is 1. The molecule has 1 N–H and O–H groups in total. The molecular formula is C25H28NOP. The molecule has 0 saturated carbocycles. The molecular weight excluding hydrogens is 361 g/mol. The zero-order valence-electron chi connectivity index (χ0n) is 17.0.